The summed E-state index contributed by atoms with van der Waals surface area (Å²) in [5.41, 5.74) is 1.90. The second-order valence-corrected chi connectivity index (χ2v) is 7.06. The highest BCUT2D eigenvalue weighted by atomic mass is 32.2. The van der Waals surface area contributed by atoms with Crippen molar-refractivity contribution in [2.75, 3.05) is 29.5 Å². The van der Waals surface area contributed by atoms with Crippen LogP contribution in [0.5, 0.6) is 0 Å². The molecular formula is C13H19NO3S. The molecule has 100 valence electrons. The summed E-state index contributed by atoms with van der Waals surface area (Å²) in [6.45, 7) is 3.05. The Morgan fingerprint density at radius 1 is 1.17 bits per heavy atom. The SMILES string of the molecule is C[C@H](O)c1ccc(N2CCCS(=O)(=O)CC2)cc1. The Bertz CT molecular complexity index is 493. The summed E-state index contributed by atoms with van der Waals surface area (Å²) < 4.78 is 23.1. The van der Waals surface area contributed by atoms with Gasteiger partial charge in [-0.05, 0) is 31.0 Å². The van der Waals surface area contributed by atoms with Crippen LogP contribution in [0.2, 0.25) is 0 Å². The van der Waals surface area contributed by atoms with Gasteiger partial charge in [0.2, 0.25) is 0 Å². The van der Waals surface area contributed by atoms with Crippen molar-refractivity contribution in [3.8, 4) is 0 Å². The molecule has 0 aliphatic carbocycles. The van der Waals surface area contributed by atoms with Crippen molar-refractivity contribution in [2.45, 2.75) is 19.4 Å². The van der Waals surface area contributed by atoms with Crippen LogP contribution in [-0.4, -0.2) is 38.1 Å². The van der Waals surface area contributed by atoms with Crippen LogP contribution in [0.15, 0.2) is 24.3 Å². The van der Waals surface area contributed by atoms with Gasteiger partial charge in [0.05, 0.1) is 17.6 Å². The Labute approximate surface area is 108 Å². The predicted octanol–water partition coefficient (Wildman–Crippen LogP) is 1.36. The molecule has 0 radical (unpaired) electrons. The number of anilines is 1. The molecule has 1 atom stereocenters. The molecule has 0 amide bonds. The lowest BCUT2D eigenvalue weighted by Crippen LogP contribution is -2.26. The monoisotopic (exact) mass is 269 g/mol. The van der Waals surface area contributed by atoms with Gasteiger partial charge in [0.15, 0.2) is 9.84 Å². The topological polar surface area (TPSA) is 57.6 Å². The van der Waals surface area contributed by atoms with Crippen molar-refractivity contribution in [1.29, 1.82) is 0 Å². The van der Waals surface area contributed by atoms with E-state index >= 15 is 0 Å². The smallest absolute Gasteiger partial charge is 0.152 e. The van der Waals surface area contributed by atoms with Crippen molar-refractivity contribution in [2.24, 2.45) is 0 Å². The number of sulfone groups is 1. The lowest BCUT2D eigenvalue weighted by Gasteiger charge is -2.22. The second-order valence-electron chi connectivity index (χ2n) is 4.76. The van der Waals surface area contributed by atoms with Gasteiger partial charge in [-0.25, -0.2) is 8.42 Å². The van der Waals surface area contributed by atoms with E-state index in [1.54, 1.807) is 6.92 Å². The zero-order chi connectivity index (χ0) is 13.2. The van der Waals surface area contributed by atoms with Crippen LogP contribution in [0, 0.1) is 0 Å². The Balaban J connectivity index is 2.12. The first kappa shape index (κ1) is 13.4. The molecular weight excluding hydrogens is 250 g/mol. The Hall–Kier alpha value is -1.07. The molecule has 1 aromatic rings. The maximum Gasteiger partial charge on any atom is 0.152 e. The lowest BCUT2D eigenvalue weighted by atomic mass is 10.1. The molecule has 1 aliphatic heterocycles. The second kappa shape index (κ2) is 5.28. The molecule has 1 N–H and O–H groups in total. The first-order valence-corrected chi connectivity index (χ1v) is 8.03. The summed E-state index contributed by atoms with van der Waals surface area (Å²) in [6, 6.07) is 7.67. The molecule has 4 nitrogen and oxygen atoms in total. The first-order valence-electron chi connectivity index (χ1n) is 6.21. The van der Waals surface area contributed by atoms with Gasteiger partial charge < -0.3 is 10.0 Å². The van der Waals surface area contributed by atoms with Crippen molar-refractivity contribution < 1.29 is 13.5 Å². The van der Waals surface area contributed by atoms with Crippen LogP contribution < -0.4 is 4.90 Å². The van der Waals surface area contributed by atoms with Crippen LogP contribution in [-0.2, 0) is 9.84 Å². The number of aliphatic hydroxyl groups is 1. The molecule has 0 saturated carbocycles. The molecule has 0 aromatic heterocycles. The molecule has 18 heavy (non-hydrogen) atoms. The summed E-state index contributed by atoms with van der Waals surface area (Å²) in [7, 11) is -2.86. The average Bonchev–Trinajstić information content (AvgIpc) is 2.50. The van der Waals surface area contributed by atoms with Gasteiger partial charge in [0, 0.05) is 18.8 Å². The molecule has 1 aliphatic rings. The zero-order valence-corrected chi connectivity index (χ0v) is 11.4. The Kier molecular flexibility index (Phi) is 3.92. The van der Waals surface area contributed by atoms with E-state index in [2.05, 4.69) is 4.90 Å². The highest BCUT2D eigenvalue weighted by Gasteiger charge is 2.19. The Morgan fingerprint density at radius 2 is 1.83 bits per heavy atom. The number of hydrogen-bond acceptors (Lipinski definition) is 4. The van der Waals surface area contributed by atoms with E-state index in [9.17, 15) is 13.5 Å². The van der Waals surface area contributed by atoms with Crippen molar-refractivity contribution in [3.05, 3.63) is 29.8 Å². The van der Waals surface area contributed by atoms with Gasteiger partial charge >= 0.3 is 0 Å². The zero-order valence-electron chi connectivity index (χ0n) is 10.5. The van der Waals surface area contributed by atoms with Gasteiger partial charge in [0.1, 0.15) is 0 Å². The molecule has 2 rings (SSSR count). The molecule has 0 bridgehead atoms. The molecule has 1 saturated heterocycles. The third-order valence-corrected chi connectivity index (χ3v) is 5.01. The van der Waals surface area contributed by atoms with Gasteiger partial charge in [-0.3, -0.25) is 0 Å². The van der Waals surface area contributed by atoms with Crippen LogP contribution >= 0.6 is 0 Å². The third kappa shape index (κ3) is 3.23. The largest absolute Gasteiger partial charge is 0.389 e. The van der Waals surface area contributed by atoms with Crippen molar-refractivity contribution >= 4 is 15.5 Å². The normalized spacial score (nSPS) is 21.3. The molecule has 1 fully saturated rings. The average molecular weight is 269 g/mol. The van der Waals surface area contributed by atoms with Gasteiger partial charge in [0.25, 0.3) is 0 Å². The quantitative estimate of drug-likeness (QED) is 0.881. The van der Waals surface area contributed by atoms with Crippen molar-refractivity contribution in [1.82, 2.24) is 0 Å². The minimum Gasteiger partial charge on any atom is -0.389 e. The minimum absolute atomic E-state index is 0.227. The molecule has 0 spiro atoms. The van der Waals surface area contributed by atoms with E-state index in [1.165, 1.54) is 0 Å². The van der Waals surface area contributed by atoms with E-state index in [4.69, 9.17) is 0 Å². The highest BCUT2D eigenvalue weighted by molar-refractivity contribution is 7.91. The van der Waals surface area contributed by atoms with Gasteiger partial charge in [-0.2, -0.15) is 0 Å². The van der Waals surface area contributed by atoms with Gasteiger partial charge in [-0.1, -0.05) is 12.1 Å². The molecule has 1 aromatic carbocycles. The number of benzene rings is 1. The maximum absolute atomic E-state index is 11.5. The fourth-order valence-corrected chi connectivity index (χ4v) is 3.43. The van der Waals surface area contributed by atoms with Gasteiger partial charge in [-0.15, -0.1) is 0 Å². The number of hydrogen-bond donors (Lipinski definition) is 1. The van der Waals surface area contributed by atoms with Crippen LogP contribution in [0.4, 0.5) is 5.69 Å². The number of rotatable bonds is 2. The van der Waals surface area contributed by atoms with E-state index in [-0.39, 0.29) is 11.5 Å². The van der Waals surface area contributed by atoms with Crippen LogP contribution in [0.25, 0.3) is 0 Å². The minimum atomic E-state index is -2.86. The third-order valence-electron chi connectivity index (χ3n) is 3.30. The standard InChI is InChI=1S/C13H19NO3S/c1-11(15)12-3-5-13(6-4-12)14-7-2-9-18(16,17)10-8-14/h3-6,11,15H,2,7-10H2,1H3/t11-/m0/s1. The molecule has 0 unspecified atom stereocenters. The van der Waals surface area contributed by atoms with Crippen LogP contribution in [0.1, 0.15) is 25.0 Å². The maximum atomic E-state index is 11.5. The summed E-state index contributed by atoms with van der Waals surface area (Å²) >= 11 is 0. The van der Waals surface area contributed by atoms with E-state index in [0.29, 0.717) is 13.0 Å². The van der Waals surface area contributed by atoms with E-state index in [0.717, 1.165) is 17.8 Å². The highest BCUT2D eigenvalue weighted by Crippen LogP contribution is 2.20. The molecule has 1 heterocycles. The number of aliphatic hydroxyl groups excluding tert-OH is 1. The summed E-state index contributed by atoms with van der Waals surface area (Å²) in [6.07, 6.45) is 0.212. The fourth-order valence-electron chi connectivity index (χ4n) is 2.16. The fraction of sp³-hybridized carbons (Fsp3) is 0.538. The molecule has 5 heteroatoms. The predicted molar refractivity (Wildman–Crippen MR) is 72.6 cm³/mol. The van der Waals surface area contributed by atoms with E-state index in [1.807, 2.05) is 24.3 Å². The van der Waals surface area contributed by atoms with Crippen LogP contribution in [0.3, 0.4) is 0 Å². The van der Waals surface area contributed by atoms with E-state index < -0.39 is 15.9 Å². The summed E-state index contributed by atoms with van der Waals surface area (Å²) in [4.78, 5) is 2.09. The lowest BCUT2D eigenvalue weighted by molar-refractivity contribution is 0.199. The number of nitrogens with zero attached hydrogens (tertiary/aromatic N) is 1. The van der Waals surface area contributed by atoms with Crippen molar-refractivity contribution in [3.63, 3.8) is 0 Å². The first-order chi connectivity index (χ1) is 8.48. The Morgan fingerprint density at radius 3 is 2.44 bits per heavy atom. The summed E-state index contributed by atoms with van der Waals surface area (Å²) in [5, 5.41) is 9.45. The summed E-state index contributed by atoms with van der Waals surface area (Å²) in [5.74, 6) is 0.514.